The molecule has 0 radical (unpaired) electrons. The molecule has 26 heavy (non-hydrogen) atoms. The Morgan fingerprint density at radius 3 is 3.00 bits per heavy atom. The average molecular weight is 362 g/mol. The van der Waals surface area contributed by atoms with Crippen LogP contribution in [0.4, 0.5) is 11.4 Å². The predicted molar refractivity (Wildman–Crippen MR) is 94.2 cm³/mol. The van der Waals surface area contributed by atoms with Crippen molar-refractivity contribution in [2.45, 2.75) is 12.8 Å². The Bertz CT molecular complexity index is 721. The maximum atomic E-state index is 12.7. The van der Waals surface area contributed by atoms with Crippen LogP contribution in [0.15, 0.2) is 18.2 Å². The van der Waals surface area contributed by atoms with E-state index >= 15 is 0 Å². The summed E-state index contributed by atoms with van der Waals surface area (Å²) in [7, 11) is 1.89. The van der Waals surface area contributed by atoms with Gasteiger partial charge in [-0.25, -0.2) is 0 Å². The highest BCUT2D eigenvalue weighted by atomic mass is 16.6. The van der Waals surface area contributed by atoms with Gasteiger partial charge in [-0.2, -0.15) is 0 Å². The van der Waals surface area contributed by atoms with Gasteiger partial charge in [-0.05, 0) is 38.4 Å². The van der Waals surface area contributed by atoms with Crippen LogP contribution >= 0.6 is 0 Å². The van der Waals surface area contributed by atoms with Crippen molar-refractivity contribution in [1.82, 2.24) is 10.2 Å². The van der Waals surface area contributed by atoms with E-state index in [2.05, 4.69) is 5.32 Å². The number of ether oxygens (including phenoxy) is 1. The molecule has 9 nitrogen and oxygen atoms in total. The number of nitro benzene ring substituents is 1. The van der Waals surface area contributed by atoms with Gasteiger partial charge < -0.3 is 15.0 Å². The van der Waals surface area contributed by atoms with Crippen LogP contribution in [0.2, 0.25) is 0 Å². The monoisotopic (exact) mass is 362 g/mol. The van der Waals surface area contributed by atoms with Crippen molar-refractivity contribution in [1.29, 1.82) is 0 Å². The van der Waals surface area contributed by atoms with Gasteiger partial charge in [-0.1, -0.05) is 0 Å². The highest BCUT2D eigenvalue weighted by molar-refractivity contribution is 6.02. The van der Waals surface area contributed by atoms with Crippen molar-refractivity contribution in [3.63, 3.8) is 0 Å². The Balaban J connectivity index is 1.77. The average Bonchev–Trinajstić information content (AvgIpc) is 2.64. The number of carbonyl (C=O) groups excluding carboxylic acids is 2. The summed E-state index contributed by atoms with van der Waals surface area (Å²) in [6.07, 6.45) is 1.99. The Morgan fingerprint density at radius 1 is 1.46 bits per heavy atom. The highest BCUT2D eigenvalue weighted by Crippen LogP contribution is 2.35. The molecule has 1 fully saturated rings. The molecule has 0 aliphatic carbocycles. The van der Waals surface area contributed by atoms with E-state index < -0.39 is 4.92 Å². The number of nitrogens with zero attached hydrogens (tertiary/aromatic N) is 3. The molecule has 0 saturated carbocycles. The third-order valence-electron chi connectivity index (χ3n) is 4.75. The minimum absolute atomic E-state index is 0.136. The first-order valence-corrected chi connectivity index (χ1v) is 8.63. The molecule has 3 rings (SSSR count). The van der Waals surface area contributed by atoms with Gasteiger partial charge in [0.25, 0.3) is 11.6 Å². The van der Waals surface area contributed by atoms with Crippen LogP contribution < -0.4 is 15.0 Å². The second-order valence-corrected chi connectivity index (χ2v) is 6.58. The number of likely N-dealkylation sites (tertiary alicyclic amines) is 1. The van der Waals surface area contributed by atoms with Crippen molar-refractivity contribution in [3.8, 4) is 5.75 Å². The van der Waals surface area contributed by atoms with Crippen molar-refractivity contribution >= 4 is 23.2 Å². The summed E-state index contributed by atoms with van der Waals surface area (Å²) >= 11 is 0. The molecule has 2 aliphatic heterocycles. The van der Waals surface area contributed by atoms with Gasteiger partial charge in [0.05, 0.1) is 10.6 Å². The van der Waals surface area contributed by atoms with Crippen LogP contribution in [0, 0.1) is 16.0 Å². The Hall–Kier alpha value is -2.68. The highest BCUT2D eigenvalue weighted by Gasteiger charge is 2.31. The molecule has 2 heterocycles. The number of piperidine rings is 1. The lowest BCUT2D eigenvalue weighted by Gasteiger charge is -2.35. The third-order valence-corrected chi connectivity index (χ3v) is 4.75. The summed E-state index contributed by atoms with van der Waals surface area (Å²) in [6.45, 7) is 1.85. The fourth-order valence-corrected chi connectivity index (χ4v) is 3.46. The molecule has 1 saturated heterocycles. The number of benzene rings is 1. The first kappa shape index (κ1) is 18.1. The second kappa shape index (κ2) is 7.69. The molecule has 0 spiro atoms. The zero-order chi connectivity index (χ0) is 18.7. The van der Waals surface area contributed by atoms with Gasteiger partial charge in [0.15, 0.2) is 6.61 Å². The van der Waals surface area contributed by atoms with Gasteiger partial charge in [-0.3, -0.25) is 24.6 Å². The van der Waals surface area contributed by atoms with E-state index in [4.69, 9.17) is 4.74 Å². The summed E-state index contributed by atoms with van der Waals surface area (Å²) < 4.78 is 5.33. The summed E-state index contributed by atoms with van der Waals surface area (Å²) in [5.41, 5.74) is 0.124. The smallest absolute Gasteiger partial charge is 0.271 e. The maximum absolute atomic E-state index is 12.7. The molecule has 2 amide bonds. The quantitative estimate of drug-likeness (QED) is 0.613. The minimum Gasteiger partial charge on any atom is -0.482 e. The van der Waals surface area contributed by atoms with E-state index in [0.717, 1.165) is 19.4 Å². The summed E-state index contributed by atoms with van der Waals surface area (Å²) in [5.74, 6) is 0.231. The lowest BCUT2D eigenvalue weighted by atomic mass is 9.98. The number of nitro groups is 1. The van der Waals surface area contributed by atoms with Gasteiger partial charge in [0.1, 0.15) is 12.3 Å². The SMILES string of the molecule is CNCC1CCCN(C(=O)CN2C(=O)COc3ccc([N+](=O)[O-])cc32)C1. The van der Waals surface area contributed by atoms with E-state index in [1.54, 1.807) is 4.90 Å². The molecule has 1 N–H and O–H groups in total. The lowest BCUT2D eigenvalue weighted by Crippen LogP contribution is -2.49. The molecule has 140 valence electrons. The zero-order valence-electron chi connectivity index (χ0n) is 14.6. The largest absolute Gasteiger partial charge is 0.482 e. The molecule has 2 aliphatic rings. The van der Waals surface area contributed by atoms with E-state index in [9.17, 15) is 19.7 Å². The molecule has 1 aromatic carbocycles. The number of anilines is 1. The zero-order valence-corrected chi connectivity index (χ0v) is 14.6. The van der Waals surface area contributed by atoms with Crippen LogP contribution in [-0.2, 0) is 9.59 Å². The fourth-order valence-electron chi connectivity index (χ4n) is 3.46. The first-order valence-electron chi connectivity index (χ1n) is 8.63. The molecule has 1 unspecified atom stereocenters. The number of hydrogen-bond donors (Lipinski definition) is 1. The van der Waals surface area contributed by atoms with E-state index in [-0.39, 0.29) is 36.3 Å². The van der Waals surface area contributed by atoms with Crippen LogP contribution in [-0.4, -0.2) is 61.5 Å². The van der Waals surface area contributed by atoms with Crippen LogP contribution in [0.25, 0.3) is 0 Å². The Labute approximate surface area is 151 Å². The molecule has 1 atom stereocenters. The van der Waals surface area contributed by atoms with Crippen LogP contribution in [0.3, 0.4) is 0 Å². The first-order chi connectivity index (χ1) is 12.5. The van der Waals surface area contributed by atoms with Crippen LogP contribution in [0.5, 0.6) is 5.75 Å². The number of rotatable bonds is 5. The number of non-ortho nitro benzene ring substituents is 1. The lowest BCUT2D eigenvalue weighted by molar-refractivity contribution is -0.384. The van der Waals surface area contributed by atoms with Crippen molar-refractivity contribution in [2.24, 2.45) is 5.92 Å². The van der Waals surface area contributed by atoms with E-state index in [0.29, 0.717) is 24.8 Å². The van der Waals surface area contributed by atoms with Crippen molar-refractivity contribution in [2.75, 3.05) is 44.7 Å². The topological polar surface area (TPSA) is 105 Å². The van der Waals surface area contributed by atoms with E-state index in [1.807, 2.05) is 7.05 Å². The summed E-state index contributed by atoms with van der Waals surface area (Å²) in [6, 6.07) is 4.06. The standard InChI is InChI=1S/C17H22N4O5/c1-18-8-12-3-2-6-19(9-12)16(22)10-20-14-7-13(21(24)25)4-5-15(14)26-11-17(20)23/h4-5,7,12,18H,2-3,6,8-11H2,1H3. The molecular formula is C17H22N4O5. The second-order valence-electron chi connectivity index (χ2n) is 6.58. The van der Waals surface area contributed by atoms with Crippen LogP contribution in [0.1, 0.15) is 12.8 Å². The molecule has 9 heteroatoms. The van der Waals surface area contributed by atoms with Gasteiger partial charge >= 0.3 is 0 Å². The predicted octanol–water partition coefficient (Wildman–Crippen LogP) is 0.778. The number of fused-ring (bicyclic) bond motifs is 1. The number of nitrogens with one attached hydrogen (secondary N) is 1. The molecule has 0 bridgehead atoms. The maximum Gasteiger partial charge on any atom is 0.271 e. The summed E-state index contributed by atoms with van der Waals surface area (Å²) in [4.78, 5) is 38.5. The number of carbonyl (C=O) groups is 2. The van der Waals surface area contributed by atoms with Crippen molar-refractivity contribution in [3.05, 3.63) is 28.3 Å². The number of amides is 2. The third kappa shape index (κ3) is 3.77. The van der Waals surface area contributed by atoms with Gasteiger partial charge in [-0.15, -0.1) is 0 Å². The Kier molecular flexibility index (Phi) is 5.36. The Morgan fingerprint density at radius 2 is 2.27 bits per heavy atom. The minimum atomic E-state index is -0.535. The van der Waals surface area contributed by atoms with Gasteiger partial charge in [0, 0.05) is 25.2 Å². The van der Waals surface area contributed by atoms with E-state index in [1.165, 1.54) is 23.1 Å². The normalized spacial score (nSPS) is 19.7. The summed E-state index contributed by atoms with van der Waals surface area (Å²) in [5, 5.41) is 14.2. The van der Waals surface area contributed by atoms with Crippen molar-refractivity contribution < 1.29 is 19.2 Å². The number of hydrogen-bond acceptors (Lipinski definition) is 6. The van der Waals surface area contributed by atoms with Gasteiger partial charge in [0.2, 0.25) is 5.91 Å². The molecule has 1 aromatic rings. The molecular weight excluding hydrogens is 340 g/mol. The fraction of sp³-hybridized carbons (Fsp3) is 0.529. The molecule has 0 aromatic heterocycles.